The summed E-state index contributed by atoms with van der Waals surface area (Å²) < 4.78 is 6.00. The Morgan fingerprint density at radius 2 is 1.94 bits per heavy atom. The lowest BCUT2D eigenvalue weighted by molar-refractivity contribution is -0.0700. The zero-order chi connectivity index (χ0) is 12.6. The van der Waals surface area contributed by atoms with Gasteiger partial charge in [-0.2, -0.15) is 5.26 Å². The van der Waals surface area contributed by atoms with Crippen LogP contribution < -0.4 is 5.32 Å². The van der Waals surface area contributed by atoms with Gasteiger partial charge in [0.1, 0.15) is 0 Å². The maximum Gasteiger partial charge on any atom is 0.0787 e. The van der Waals surface area contributed by atoms with Crippen molar-refractivity contribution in [3.8, 4) is 6.07 Å². The van der Waals surface area contributed by atoms with Crippen molar-refractivity contribution in [3.63, 3.8) is 0 Å². The van der Waals surface area contributed by atoms with Gasteiger partial charge in [0, 0.05) is 12.6 Å². The average Bonchev–Trinajstić information content (AvgIpc) is 2.31. The highest BCUT2D eigenvalue weighted by atomic mass is 16.5. The molecule has 0 amide bonds. The number of hydrogen-bond donors (Lipinski definition) is 1. The molecular weight excluding hydrogens is 200 g/mol. The first kappa shape index (κ1) is 13.5. The monoisotopic (exact) mass is 224 g/mol. The fourth-order valence-electron chi connectivity index (χ4n) is 2.30. The van der Waals surface area contributed by atoms with Crippen molar-refractivity contribution < 1.29 is 4.74 Å². The Bertz CT molecular complexity index is 300. The molecule has 0 aromatic heterocycles. The van der Waals surface area contributed by atoms with Gasteiger partial charge in [-0.15, -0.1) is 0 Å². The Labute approximate surface area is 99.2 Å². The standard InChI is InChI=1S/C13H24N2O/c1-11(2,8-14)9-15-10-7-12(3,4)16-13(10,5)6/h10,15H,7,9H2,1-6H3. The molecule has 3 heteroatoms. The summed E-state index contributed by atoms with van der Waals surface area (Å²) in [6.45, 7) is 13.1. The van der Waals surface area contributed by atoms with Crippen molar-refractivity contribution in [2.24, 2.45) is 5.41 Å². The maximum absolute atomic E-state index is 8.98. The average molecular weight is 224 g/mol. The second-order valence-electron chi connectivity index (χ2n) is 6.60. The fourth-order valence-corrected chi connectivity index (χ4v) is 2.30. The van der Waals surface area contributed by atoms with Gasteiger partial charge in [0.05, 0.1) is 22.7 Å². The van der Waals surface area contributed by atoms with Gasteiger partial charge >= 0.3 is 0 Å². The number of rotatable bonds is 3. The first-order valence-electron chi connectivity index (χ1n) is 5.93. The summed E-state index contributed by atoms with van der Waals surface area (Å²) in [5.74, 6) is 0. The van der Waals surface area contributed by atoms with Crippen LogP contribution in [-0.2, 0) is 4.74 Å². The van der Waals surface area contributed by atoms with E-state index in [4.69, 9.17) is 10.00 Å². The Balaban J connectivity index is 2.60. The second-order valence-corrected chi connectivity index (χ2v) is 6.60. The van der Waals surface area contributed by atoms with E-state index < -0.39 is 0 Å². The van der Waals surface area contributed by atoms with E-state index in [1.54, 1.807) is 0 Å². The molecule has 1 saturated heterocycles. The maximum atomic E-state index is 8.98. The summed E-state index contributed by atoms with van der Waals surface area (Å²) in [4.78, 5) is 0. The van der Waals surface area contributed by atoms with E-state index in [1.807, 2.05) is 13.8 Å². The van der Waals surface area contributed by atoms with Crippen LogP contribution in [0.15, 0.2) is 0 Å². The van der Waals surface area contributed by atoms with Gasteiger partial charge in [0.15, 0.2) is 0 Å². The highest BCUT2D eigenvalue weighted by Crippen LogP contribution is 2.37. The van der Waals surface area contributed by atoms with Crippen molar-refractivity contribution >= 4 is 0 Å². The molecule has 16 heavy (non-hydrogen) atoms. The van der Waals surface area contributed by atoms with Gasteiger partial charge in [-0.3, -0.25) is 0 Å². The summed E-state index contributed by atoms with van der Waals surface area (Å²) in [5, 5.41) is 12.5. The minimum atomic E-state index is -0.317. The molecule has 1 aliphatic heterocycles. The van der Waals surface area contributed by atoms with E-state index in [9.17, 15) is 0 Å². The Morgan fingerprint density at radius 1 is 1.38 bits per heavy atom. The lowest BCUT2D eigenvalue weighted by Crippen LogP contribution is -2.46. The molecule has 0 radical (unpaired) electrons. The molecule has 1 heterocycles. The van der Waals surface area contributed by atoms with Crippen LogP contribution in [0.1, 0.15) is 48.0 Å². The van der Waals surface area contributed by atoms with Crippen LogP contribution in [0.2, 0.25) is 0 Å². The molecule has 0 aromatic carbocycles. The smallest absolute Gasteiger partial charge is 0.0787 e. The van der Waals surface area contributed by atoms with Crippen molar-refractivity contribution in [1.29, 1.82) is 5.26 Å². The molecule has 0 saturated carbocycles. The number of nitriles is 1. The van der Waals surface area contributed by atoms with Gasteiger partial charge in [-0.05, 0) is 48.0 Å². The fraction of sp³-hybridized carbons (Fsp3) is 0.923. The number of hydrogen-bond acceptors (Lipinski definition) is 3. The first-order chi connectivity index (χ1) is 7.08. The largest absolute Gasteiger partial charge is 0.368 e. The van der Waals surface area contributed by atoms with Gasteiger partial charge in [-0.25, -0.2) is 0 Å². The SMILES string of the molecule is CC(C)(C#N)CNC1CC(C)(C)OC1(C)C. The Hall–Kier alpha value is -0.590. The third kappa shape index (κ3) is 3.20. The highest BCUT2D eigenvalue weighted by molar-refractivity contribution is 5.01. The Morgan fingerprint density at radius 3 is 2.31 bits per heavy atom. The first-order valence-corrected chi connectivity index (χ1v) is 5.93. The summed E-state index contributed by atoms with van der Waals surface area (Å²) in [5.41, 5.74) is -0.546. The minimum Gasteiger partial charge on any atom is -0.368 e. The van der Waals surface area contributed by atoms with E-state index in [0.29, 0.717) is 12.6 Å². The van der Waals surface area contributed by atoms with Gasteiger partial charge in [0.2, 0.25) is 0 Å². The molecule has 3 nitrogen and oxygen atoms in total. The lowest BCUT2D eigenvalue weighted by atomic mass is 9.91. The number of ether oxygens (including phenoxy) is 1. The van der Waals surface area contributed by atoms with Crippen molar-refractivity contribution in [2.45, 2.75) is 65.2 Å². The molecule has 0 aromatic rings. The van der Waals surface area contributed by atoms with Gasteiger partial charge < -0.3 is 10.1 Å². The molecule has 92 valence electrons. The zero-order valence-corrected chi connectivity index (χ0v) is 11.3. The quantitative estimate of drug-likeness (QED) is 0.801. The van der Waals surface area contributed by atoms with Crippen LogP contribution in [0.4, 0.5) is 0 Å². The summed E-state index contributed by atoms with van der Waals surface area (Å²) in [6.07, 6.45) is 0.988. The van der Waals surface area contributed by atoms with Crippen LogP contribution in [0.3, 0.4) is 0 Å². The van der Waals surface area contributed by atoms with Gasteiger partial charge in [0.25, 0.3) is 0 Å². The molecule has 1 fully saturated rings. The normalized spacial score (nSPS) is 27.7. The third-order valence-electron chi connectivity index (χ3n) is 3.17. The van der Waals surface area contributed by atoms with E-state index in [-0.39, 0.29) is 16.6 Å². The number of nitrogens with zero attached hydrogens (tertiary/aromatic N) is 1. The molecule has 0 aliphatic carbocycles. The van der Waals surface area contributed by atoms with Crippen LogP contribution in [0.25, 0.3) is 0 Å². The van der Waals surface area contributed by atoms with E-state index >= 15 is 0 Å². The van der Waals surface area contributed by atoms with Gasteiger partial charge in [-0.1, -0.05) is 0 Å². The molecule has 0 spiro atoms. The molecule has 1 N–H and O–H groups in total. The third-order valence-corrected chi connectivity index (χ3v) is 3.17. The van der Waals surface area contributed by atoms with Crippen LogP contribution in [-0.4, -0.2) is 23.8 Å². The van der Waals surface area contributed by atoms with Crippen LogP contribution >= 0.6 is 0 Å². The predicted molar refractivity (Wildman–Crippen MR) is 65.0 cm³/mol. The lowest BCUT2D eigenvalue weighted by Gasteiger charge is -2.29. The molecule has 0 bridgehead atoms. The molecule has 1 aliphatic rings. The van der Waals surface area contributed by atoms with Crippen molar-refractivity contribution in [2.75, 3.05) is 6.54 Å². The predicted octanol–water partition coefficient (Wildman–Crippen LogP) is 2.47. The van der Waals surface area contributed by atoms with Crippen LogP contribution in [0.5, 0.6) is 0 Å². The van der Waals surface area contributed by atoms with E-state index in [2.05, 4.69) is 39.1 Å². The van der Waals surface area contributed by atoms with E-state index in [0.717, 1.165) is 6.42 Å². The molecule has 1 atom stereocenters. The summed E-state index contributed by atoms with van der Waals surface area (Å²) >= 11 is 0. The highest BCUT2D eigenvalue weighted by Gasteiger charge is 2.45. The minimum absolute atomic E-state index is 0.0715. The second kappa shape index (κ2) is 4.01. The number of nitrogens with one attached hydrogen (secondary N) is 1. The van der Waals surface area contributed by atoms with Crippen LogP contribution in [0, 0.1) is 16.7 Å². The van der Waals surface area contributed by atoms with Crippen molar-refractivity contribution in [1.82, 2.24) is 5.32 Å². The zero-order valence-electron chi connectivity index (χ0n) is 11.3. The van der Waals surface area contributed by atoms with E-state index in [1.165, 1.54) is 0 Å². The summed E-state index contributed by atoms with van der Waals surface area (Å²) in [7, 11) is 0. The molecule has 1 rings (SSSR count). The van der Waals surface area contributed by atoms with Crippen molar-refractivity contribution in [3.05, 3.63) is 0 Å². The topological polar surface area (TPSA) is 45.0 Å². The molecular formula is C13H24N2O. The molecule has 1 unspecified atom stereocenters. The Kier molecular flexibility index (Phi) is 3.38. The summed E-state index contributed by atoms with van der Waals surface area (Å²) in [6, 6.07) is 2.62.